The van der Waals surface area contributed by atoms with Crippen LogP contribution in [-0.2, 0) is 0 Å². The summed E-state index contributed by atoms with van der Waals surface area (Å²) in [6, 6.07) is 0. The second-order valence-corrected chi connectivity index (χ2v) is 2.16. The van der Waals surface area contributed by atoms with Crippen molar-refractivity contribution < 1.29 is 4.11 Å². The predicted octanol–water partition coefficient (Wildman–Crippen LogP) is 1.28. The van der Waals surface area contributed by atoms with Gasteiger partial charge in [-0.15, -0.1) is 0 Å². The Morgan fingerprint density at radius 1 is 1.67 bits per heavy atom. The van der Waals surface area contributed by atoms with E-state index in [4.69, 9.17) is 4.11 Å². The molecule has 0 amide bonds. The van der Waals surface area contributed by atoms with Gasteiger partial charge < -0.3 is 5.32 Å². The molecule has 3 nitrogen and oxygen atoms in total. The molecule has 1 heterocycles. The van der Waals surface area contributed by atoms with Crippen LogP contribution >= 0.6 is 15.9 Å². The standard InChI is InChI=1S/C5H6BrN3/c1-7-5-3-8-4(6)2-9-5/h2-3H,1H3,(H,7,9)/i1D3. The molecule has 0 atom stereocenters. The highest BCUT2D eigenvalue weighted by atomic mass is 79.9. The minimum absolute atomic E-state index is 0.234. The summed E-state index contributed by atoms with van der Waals surface area (Å²) in [5.74, 6) is 0.234. The first-order valence-electron chi connectivity index (χ1n) is 3.73. The molecule has 0 aromatic carbocycles. The SMILES string of the molecule is [2H]C([2H])([2H])Nc1cnc(Br)cn1. The third-order valence-electron chi connectivity index (χ3n) is 0.748. The van der Waals surface area contributed by atoms with Gasteiger partial charge in [0.1, 0.15) is 10.4 Å². The number of hydrogen-bond donors (Lipinski definition) is 1. The molecule has 0 fully saturated rings. The van der Waals surface area contributed by atoms with Crippen LogP contribution in [-0.4, -0.2) is 16.9 Å². The zero-order valence-corrected chi connectivity index (χ0v) is 6.01. The van der Waals surface area contributed by atoms with Crippen LogP contribution in [0.1, 0.15) is 4.11 Å². The Morgan fingerprint density at radius 3 is 3.11 bits per heavy atom. The summed E-state index contributed by atoms with van der Waals surface area (Å²) in [5, 5.41) is 2.21. The Balaban J connectivity index is 2.71. The normalized spacial score (nSPS) is 15.4. The van der Waals surface area contributed by atoms with E-state index in [9.17, 15) is 0 Å². The number of nitrogens with zero attached hydrogens (tertiary/aromatic N) is 2. The van der Waals surface area contributed by atoms with Crippen molar-refractivity contribution in [1.29, 1.82) is 0 Å². The number of aromatic nitrogens is 2. The molecule has 0 unspecified atom stereocenters. The van der Waals surface area contributed by atoms with Crippen molar-refractivity contribution >= 4 is 21.7 Å². The van der Waals surface area contributed by atoms with E-state index in [1.54, 1.807) is 0 Å². The first-order valence-corrected chi connectivity index (χ1v) is 3.02. The van der Waals surface area contributed by atoms with E-state index in [0.717, 1.165) is 0 Å². The van der Waals surface area contributed by atoms with Gasteiger partial charge in [0.25, 0.3) is 0 Å². The van der Waals surface area contributed by atoms with Gasteiger partial charge in [-0.2, -0.15) is 0 Å². The van der Waals surface area contributed by atoms with Crippen molar-refractivity contribution in [2.45, 2.75) is 0 Å². The minimum atomic E-state index is -2.22. The number of halogens is 1. The smallest absolute Gasteiger partial charge is 0.144 e. The molecule has 4 heteroatoms. The number of nitrogens with one attached hydrogen (secondary N) is 1. The highest BCUT2D eigenvalue weighted by Gasteiger charge is 1.88. The fourth-order valence-electron chi connectivity index (χ4n) is 0.377. The van der Waals surface area contributed by atoms with Gasteiger partial charge in [0.05, 0.1) is 12.4 Å². The maximum atomic E-state index is 6.87. The Morgan fingerprint density at radius 2 is 2.56 bits per heavy atom. The first-order chi connectivity index (χ1) is 5.47. The summed E-state index contributed by atoms with van der Waals surface area (Å²) in [7, 11) is 0. The lowest BCUT2D eigenvalue weighted by Gasteiger charge is -1.94. The van der Waals surface area contributed by atoms with Gasteiger partial charge in [-0.3, -0.25) is 0 Å². The molecule has 0 spiro atoms. The summed E-state index contributed by atoms with van der Waals surface area (Å²) in [4.78, 5) is 7.59. The lowest BCUT2D eigenvalue weighted by molar-refractivity contribution is 1.15. The van der Waals surface area contributed by atoms with Gasteiger partial charge in [0.2, 0.25) is 0 Å². The van der Waals surface area contributed by atoms with Crippen molar-refractivity contribution in [2.75, 3.05) is 12.3 Å². The highest BCUT2D eigenvalue weighted by Crippen LogP contribution is 2.04. The maximum Gasteiger partial charge on any atom is 0.144 e. The zero-order valence-electron chi connectivity index (χ0n) is 7.43. The molecule has 0 aliphatic rings. The highest BCUT2D eigenvalue weighted by molar-refractivity contribution is 9.10. The van der Waals surface area contributed by atoms with Crippen LogP contribution in [0.2, 0.25) is 0 Å². The summed E-state index contributed by atoms with van der Waals surface area (Å²) in [5.41, 5.74) is 0. The molecule has 0 bridgehead atoms. The topological polar surface area (TPSA) is 37.8 Å². The van der Waals surface area contributed by atoms with Crippen LogP contribution in [0.15, 0.2) is 17.0 Å². The molecule has 0 aliphatic carbocycles. The van der Waals surface area contributed by atoms with Crippen LogP contribution < -0.4 is 5.32 Å². The van der Waals surface area contributed by atoms with Gasteiger partial charge in [-0.05, 0) is 15.9 Å². The predicted molar refractivity (Wildman–Crippen MR) is 39.3 cm³/mol. The number of rotatable bonds is 1. The Bertz CT molecular complexity index is 258. The molecule has 1 aromatic rings. The van der Waals surface area contributed by atoms with E-state index in [-0.39, 0.29) is 5.82 Å². The van der Waals surface area contributed by atoms with Crippen LogP contribution in [0.3, 0.4) is 0 Å². The molecule has 1 N–H and O–H groups in total. The molecule has 0 saturated heterocycles. The average Bonchev–Trinajstić information content (AvgIpc) is 1.91. The average molecular weight is 191 g/mol. The summed E-state index contributed by atoms with van der Waals surface area (Å²) in [6.45, 7) is -2.22. The van der Waals surface area contributed by atoms with Gasteiger partial charge in [0, 0.05) is 11.1 Å². The summed E-state index contributed by atoms with van der Waals surface area (Å²) in [6.07, 6.45) is 2.77. The molecular weight excluding hydrogens is 182 g/mol. The monoisotopic (exact) mass is 190 g/mol. The van der Waals surface area contributed by atoms with Crippen LogP contribution in [0.4, 0.5) is 5.82 Å². The lowest BCUT2D eigenvalue weighted by Crippen LogP contribution is -1.91. The van der Waals surface area contributed by atoms with E-state index in [2.05, 4.69) is 31.2 Å². The largest absolute Gasteiger partial charge is 0.372 e. The van der Waals surface area contributed by atoms with Gasteiger partial charge in [0.15, 0.2) is 0 Å². The van der Waals surface area contributed by atoms with E-state index in [0.29, 0.717) is 4.60 Å². The van der Waals surface area contributed by atoms with E-state index in [1.807, 2.05) is 0 Å². The molecule has 1 aromatic heterocycles. The van der Waals surface area contributed by atoms with Gasteiger partial charge in [-0.1, -0.05) is 0 Å². The molecule has 0 radical (unpaired) electrons. The van der Waals surface area contributed by atoms with E-state index >= 15 is 0 Å². The molecule has 48 valence electrons. The third-order valence-corrected chi connectivity index (χ3v) is 1.16. The third kappa shape index (κ3) is 1.64. The van der Waals surface area contributed by atoms with Crippen molar-refractivity contribution in [3.05, 3.63) is 17.0 Å². The van der Waals surface area contributed by atoms with Gasteiger partial charge in [-0.25, -0.2) is 9.97 Å². The molecule has 0 aliphatic heterocycles. The Hall–Kier alpha value is -0.640. The summed E-state index contributed by atoms with van der Waals surface area (Å²) >= 11 is 3.08. The van der Waals surface area contributed by atoms with E-state index in [1.165, 1.54) is 12.4 Å². The second-order valence-electron chi connectivity index (χ2n) is 1.35. The van der Waals surface area contributed by atoms with E-state index < -0.39 is 6.98 Å². The zero-order chi connectivity index (χ0) is 9.19. The fourth-order valence-corrected chi connectivity index (χ4v) is 0.582. The lowest BCUT2D eigenvalue weighted by atomic mass is 10.7. The van der Waals surface area contributed by atoms with Crippen molar-refractivity contribution in [3.63, 3.8) is 0 Å². The maximum absolute atomic E-state index is 6.87. The van der Waals surface area contributed by atoms with Crippen LogP contribution in [0, 0.1) is 0 Å². The van der Waals surface area contributed by atoms with Crippen molar-refractivity contribution in [3.8, 4) is 0 Å². The fraction of sp³-hybridized carbons (Fsp3) is 0.200. The Kier molecular flexibility index (Phi) is 1.08. The quantitative estimate of drug-likeness (QED) is 0.726. The second kappa shape index (κ2) is 2.77. The Labute approximate surface area is 65.9 Å². The van der Waals surface area contributed by atoms with Crippen LogP contribution in [0.25, 0.3) is 0 Å². The van der Waals surface area contributed by atoms with Crippen LogP contribution in [0.5, 0.6) is 0 Å². The number of anilines is 1. The molecule has 9 heavy (non-hydrogen) atoms. The number of hydrogen-bond acceptors (Lipinski definition) is 3. The van der Waals surface area contributed by atoms with Crippen molar-refractivity contribution in [1.82, 2.24) is 9.97 Å². The van der Waals surface area contributed by atoms with Gasteiger partial charge >= 0.3 is 0 Å². The first kappa shape index (κ1) is 3.51. The molecular formula is C5H6BrN3. The van der Waals surface area contributed by atoms with Crippen molar-refractivity contribution in [2.24, 2.45) is 0 Å². The molecule has 0 saturated carbocycles. The summed E-state index contributed by atoms with van der Waals surface area (Å²) < 4.78 is 21.2. The minimum Gasteiger partial charge on any atom is -0.372 e. The molecule has 1 rings (SSSR count).